The third kappa shape index (κ3) is 2.83. The Morgan fingerprint density at radius 1 is 1.14 bits per heavy atom. The second-order valence-electron chi connectivity index (χ2n) is 4.58. The van der Waals surface area contributed by atoms with Crippen molar-refractivity contribution in [3.8, 4) is 11.4 Å². The van der Waals surface area contributed by atoms with Gasteiger partial charge < -0.3 is 4.74 Å². The average molecular weight is 295 g/mol. The van der Waals surface area contributed by atoms with Crippen molar-refractivity contribution in [2.45, 2.75) is 6.54 Å². The van der Waals surface area contributed by atoms with Crippen LogP contribution in [-0.4, -0.2) is 38.3 Å². The van der Waals surface area contributed by atoms with Crippen molar-refractivity contribution in [1.82, 2.24) is 25.2 Å². The van der Waals surface area contributed by atoms with E-state index in [1.807, 2.05) is 24.3 Å². The van der Waals surface area contributed by atoms with Gasteiger partial charge in [0.2, 0.25) is 0 Å². The van der Waals surface area contributed by atoms with E-state index < -0.39 is 0 Å². The molecule has 0 unspecified atom stereocenters. The maximum absolute atomic E-state index is 11.4. The Bertz CT molecular complexity index is 768. The highest BCUT2D eigenvalue weighted by atomic mass is 16.5. The molecule has 3 aromatic rings. The second-order valence-corrected chi connectivity index (χ2v) is 4.58. The van der Waals surface area contributed by atoms with Crippen molar-refractivity contribution < 1.29 is 9.53 Å². The van der Waals surface area contributed by atoms with Gasteiger partial charge in [-0.15, -0.1) is 5.10 Å². The predicted octanol–water partition coefficient (Wildman–Crippen LogP) is 1.57. The summed E-state index contributed by atoms with van der Waals surface area (Å²) < 4.78 is 6.37. The number of tetrazole rings is 1. The predicted molar refractivity (Wildman–Crippen MR) is 77.9 cm³/mol. The summed E-state index contributed by atoms with van der Waals surface area (Å²) in [5.74, 6) is 0.311. The number of hydrogen-bond donors (Lipinski definition) is 0. The molecule has 0 radical (unpaired) electrons. The van der Waals surface area contributed by atoms with Crippen LogP contribution in [-0.2, 0) is 11.3 Å². The first kappa shape index (κ1) is 13.9. The minimum atomic E-state index is -0.355. The number of methoxy groups -OCH3 is 1. The molecule has 0 bridgehead atoms. The van der Waals surface area contributed by atoms with Crippen molar-refractivity contribution in [1.29, 1.82) is 0 Å². The van der Waals surface area contributed by atoms with Gasteiger partial charge in [-0.2, -0.15) is 0 Å². The number of carbonyl (C=O) groups excluding carboxylic acids is 1. The Hall–Kier alpha value is -3.09. The molecule has 0 saturated carbocycles. The number of ether oxygens (including phenoxy) is 1. The number of hydrogen-bond acceptors (Lipinski definition) is 6. The zero-order valence-corrected chi connectivity index (χ0v) is 11.9. The maximum Gasteiger partial charge on any atom is 0.337 e. The van der Waals surface area contributed by atoms with Crippen LogP contribution in [0.25, 0.3) is 11.4 Å². The lowest BCUT2D eigenvalue weighted by molar-refractivity contribution is 0.0600. The van der Waals surface area contributed by atoms with E-state index >= 15 is 0 Å². The molecule has 0 aliphatic carbocycles. The summed E-state index contributed by atoms with van der Waals surface area (Å²) in [7, 11) is 1.36. The summed E-state index contributed by atoms with van der Waals surface area (Å²) in [5, 5.41) is 11.8. The minimum Gasteiger partial charge on any atom is -0.465 e. The van der Waals surface area contributed by atoms with Gasteiger partial charge in [0.15, 0.2) is 5.82 Å². The number of rotatable bonds is 4. The lowest BCUT2D eigenvalue weighted by Gasteiger charge is -2.05. The van der Waals surface area contributed by atoms with Gasteiger partial charge in [-0.3, -0.25) is 4.98 Å². The highest BCUT2D eigenvalue weighted by Gasteiger charge is 2.10. The van der Waals surface area contributed by atoms with Crippen molar-refractivity contribution in [2.75, 3.05) is 7.11 Å². The van der Waals surface area contributed by atoms with E-state index in [1.54, 1.807) is 29.2 Å². The molecule has 0 spiro atoms. The molecular weight excluding hydrogens is 282 g/mol. The lowest BCUT2D eigenvalue weighted by atomic mass is 10.1. The molecule has 0 N–H and O–H groups in total. The van der Waals surface area contributed by atoms with Crippen LogP contribution in [0.15, 0.2) is 48.8 Å². The summed E-state index contributed by atoms with van der Waals surface area (Å²) in [5.41, 5.74) is 2.39. The summed E-state index contributed by atoms with van der Waals surface area (Å²) in [6.07, 6.45) is 3.39. The van der Waals surface area contributed by atoms with E-state index in [0.29, 0.717) is 17.9 Å². The zero-order chi connectivity index (χ0) is 15.4. The highest BCUT2D eigenvalue weighted by Crippen LogP contribution is 2.15. The van der Waals surface area contributed by atoms with Gasteiger partial charge in [0.1, 0.15) is 0 Å². The van der Waals surface area contributed by atoms with Crippen LogP contribution in [0, 0.1) is 0 Å². The summed E-state index contributed by atoms with van der Waals surface area (Å²) in [6.45, 7) is 0.506. The number of esters is 1. The SMILES string of the molecule is COC(=O)c1ccc(Cn2nnnc2-c2ccncc2)cc1. The molecule has 0 fully saturated rings. The number of nitrogens with zero attached hydrogens (tertiary/aromatic N) is 5. The van der Waals surface area contributed by atoms with Crippen molar-refractivity contribution in [2.24, 2.45) is 0 Å². The Morgan fingerprint density at radius 2 is 1.86 bits per heavy atom. The van der Waals surface area contributed by atoms with E-state index in [-0.39, 0.29) is 5.97 Å². The fourth-order valence-electron chi connectivity index (χ4n) is 2.06. The van der Waals surface area contributed by atoms with E-state index in [4.69, 9.17) is 0 Å². The molecule has 0 saturated heterocycles. The molecule has 22 heavy (non-hydrogen) atoms. The molecule has 110 valence electrons. The zero-order valence-electron chi connectivity index (χ0n) is 11.9. The van der Waals surface area contributed by atoms with Gasteiger partial charge in [0.05, 0.1) is 19.2 Å². The van der Waals surface area contributed by atoms with Crippen molar-refractivity contribution >= 4 is 5.97 Å². The first-order valence-electron chi connectivity index (χ1n) is 6.62. The molecular formula is C15H13N5O2. The number of carbonyl (C=O) groups is 1. The van der Waals surface area contributed by atoms with E-state index in [2.05, 4.69) is 25.2 Å². The Kier molecular flexibility index (Phi) is 3.86. The maximum atomic E-state index is 11.4. The number of pyridine rings is 1. The van der Waals surface area contributed by atoms with E-state index in [0.717, 1.165) is 11.1 Å². The highest BCUT2D eigenvalue weighted by molar-refractivity contribution is 5.89. The topological polar surface area (TPSA) is 82.8 Å². The van der Waals surface area contributed by atoms with Crippen LogP contribution >= 0.6 is 0 Å². The molecule has 7 nitrogen and oxygen atoms in total. The Balaban J connectivity index is 1.83. The molecule has 1 aromatic carbocycles. The normalized spacial score (nSPS) is 10.4. The molecule has 0 aliphatic heterocycles. The smallest absolute Gasteiger partial charge is 0.337 e. The van der Waals surface area contributed by atoms with Gasteiger partial charge in [-0.05, 0) is 40.3 Å². The molecule has 0 amide bonds. The molecule has 3 rings (SSSR count). The van der Waals surface area contributed by atoms with Crippen LogP contribution in [0.3, 0.4) is 0 Å². The third-order valence-corrected chi connectivity index (χ3v) is 3.18. The molecule has 0 aliphatic rings. The Morgan fingerprint density at radius 3 is 2.55 bits per heavy atom. The standard InChI is InChI=1S/C15H13N5O2/c1-22-15(21)13-4-2-11(3-5-13)10-20-14(17-18-19-20)12-6-8-16-9-7-12/h2-9H,10H2,1H3. The van der Waals surface area contributed by atoms with Gasteiger partial charge in [0.25, 0.3) is 0 Å². The lowest BCUT2D eigenvalue weighted by Crippen LogP contribution is -2.05. The quantitative estimate of drug-likeness (QED) is 0.679. The summed E-state index contributed by atoms with van der Waals surface area (Å²) >= 11 is 0. The second kappa shape index (κ2) is 6.13. The van der Waals surface area contributed by atoms with Gasteiger partial charge in [0, 0.05) is 18.0 Å². The van der Waals surface area contributed by atoms with Crippen molar-refractivity contribution in [3.05, 3.63) is 59.9 Å². The Labute approximate surface area is 126 Å². The average Bonchev–Trinajstić information content (AvgIpc) is 3.04. The molecule has 7 heteroatoms. The largest absolute Gasteiger partial charge is 0.465 e. The summed E-state index contributed by atoms with van der Waals surface area (Å²) in [6, 6.07) is 10.8. The van der Waals surface area contributed by atoms with Crippen molar-refractivity contribution in [3.63, 3.8) is 0 Å². The van der Waals surface area contributed by atoms with E-state index in [9.17, 15) is 4.79 Å². The molecule has 2 aromatic heterocycles. The molecule has 0 atom stereocenters. The molecule has 2 heterocycles. The first-order valence-corrected chi connectivity index (χ1v) is 6.62. The van der Waals surface area contributed by atoms with Gasteiger partial charge >= 0.3 is 5.97 Å². The fraction of sp³-hybridized carbons (Fsp3) is 0.133. The summed E-state index contributed by atoms with van der Waals surface area (Å²) in [4.78, 5) is 15.4. The number of benzene rings is 1. The van der Waals surface area contributed by atoms with Crippen LogP contribution in [0.2, 0.25) is 0 Å². The van der Waals surface area contributed by atoms with Gasteiger partial charge in [-0.1, -0.05) is 12.1 Å². The van der Waals surface area contributed by atoms with E-state index in [1.165, 1.54) is 7.11 Å². The van der Waals surface area contributed by atoms with Crippen LogP contribution < -0.4 is 0 Å². The van der Waals surface area contributed by atoms with Crippen LogP contribution in [0.4, 0.5) is 0 Å². The monoisotopic (exact) mass is 295 g/mol. The van der Waals surface area contributed by atoms with Crippen LogP contribution in [0.1, 0.15) is 15.9 Å². The van der Waals surface area contributed by atoms with Gasteiger partial charge in [-0.25, -0.2) is 9.48 Å². The number of aromatic nitrogens is 5. The first-order chi connectivity index (χ1) is 10.8. The minimum absolute atomic E-state index is 0.355. The third-order valence-electron chi connectivity index (χ3n) is 3.18. The van der Waals surface area contributed by atoms with Crippen LogP contribution in [0.5, 0.6) is 0 Å². The fourth-order valence-corrected chi connectivity index (χ4v) is 2.06.